The predicted molar refractivity (Wildman–Crippen MR) is 90.2 cm³/mol. The first kappa shape index (κ1) is 18.0. The highest BCUT2D eigenvalue weighted by Gasteiger charge is 2.52. The van der Waals surface area contributed by atoms with Crippen LogP contribution < -0.4 is 0 Å². The summed E-state index contributed by atoms with van der Waals surface area (Å²) >= 11 is 0. The van der Waals surface area contributed by atoms with Crippen LogP contribution in [0.2, 0.25) is 0 Å². The largest absolute Gasteiger partial charge is 0.300 e. The summed E-state index contributed by atoms with van der Waals surface area (Å²) in [6.07, 6.45) is 0. The zero-order chi connectivity index (χ0) is 16.1. The van der Waals surface area contributed by atoms with E-state index in [2.05, 4.69) is 86.1 Å². The van der Waals surface area contributed by atoms with Crippen molar-refractivity contribution in [3.8, 4) is 0 Å². The first-order chi connectivity index (χ1) is 8.67. The van der Waals surface area contributed by atoms with Crippen molar-refractivity contribution >= 4 is 0 Å². The molecule has 120 valence electrons. The van der Waals surface area contributed by atoms with E-state index < -0.39 is 0 Å². The van der Waals surface area contributed by atoms with Crippen LogP contribution >= 0.6 is 0 Å². The standard InChI is InChI=1S/C18H38N2/c1-14(2)20-13-16(5,6)17(7,8)19(11)12-15(3,4)18(20,9)10/h14H,12-13H2,1-11H3. The summed E-state index contributed by atoms with van der Waals surface area (Å²) < 4.78 is 0. The van der Waals surface area contributed by atoms with Gasteiger partial charge < -0.3 is 4.90 Å². The maximum absolute atomic E-state index is 2.72. The van der Waals surface area contributed by atoms with Gasteiger partial charge in [-0.1, -0.05) is 27.7 Å². The van der Waals surface area contributed by atoms with Gasteiger partial charge in [-0.2, -0.15) is 0 Å². The SMILES string of the molecule is CC(C)N1CC(C)(C)C(C)(C)N(C)CC(C)(C)C1(C)C. The topological polar surface area (TPSA) is 6.48 Å². The summed E-state index contributed by atoms with van der Waals surface area (Å²) in [5.74, 6) is 0. The highest BCUT2D eigenvalue weighted by atomic mass is 15.3. The van der Waals surface area contributed by atoms with Gasteiger partial charge in [0.25, 0.3) is 0 Å². The van der Waals surface area contributed by atoms with E-state index in [1.807, 2.05) is 0 Å². The van der Waals surface area contributed by atoms with Crippen molar-refractivity contribution in [3.05, 3.63) is 0 Å². The zero-order valence-electron chi connectivity index (χ0n) is 15.9. The summed E-state index contributed by atoms with van der Waals surface area (Å²) in [6.45, 7) is 26.3. The van der Waals surface area contributed by atoms with Crippen LogP contribution in [-0.2, 0) is 0 Å². The van der Waals surface area contributed by atoms with Gasteiger partial charge in [-0.05, 0) is 59.4 Å². The molecule has 20 heavy (non-hydrogen) atoms. The molecular formula is C18H38N2. The molecule has 1 heterocycles. The van der Waals surface area contributed by atoms with E-state index >= 15 is 0 Å². The molecule has 0 spiro atoms. The third-order valence-corrected chi connectivity index (χ3v) is 6.81. The number of hydrogen-bond acceptors (Lipinski definition) is 2. The third-order valence-electron chi connectivity index (χ3n) is 6.81. The lowest BCUT2D eigenvalue weighted by molar-refractivity contribution is -0.118. The average molecular weight is 283 g/mol. The fourth-order valence-electron chi connectivity index (χ4n) is 3.53. The van der Waals surface area contributed by atoms with Gasteiger partial charge in [-0.15, -0.1) is 0 Å². The molecule has 1 aliphatic heterocycles. The highest BCUT2D eigenvalue weighted by Crippen LogP contribution is 2.46. The van der Waals surface area contributed by atoms with E-state index in [0.717, 1.165) is 13.1 Å². The fourth-order valence-corrected chi connectivity index (χ4v) is 3.53. The van der Waals surface area contributed by atoms with Crippen molar-refractivity contribution in [2.45, 2.75) is 86.4 Å². The summed E-state index contributed by atoms with van der Waals surface area (Å²) in [5, 5.41) is 0. The normalized spacial score (nSPS) is 30.0. The molecule has 0 aliphatic carbocycles. The summed E-state index contributed by atoms with van der Waals surface area (Å²) in [5.41, 5.74) is 0.872. The van der Waals surface area contributed by atoms with Crippen LogP contribution in [0.5, 0.6) is 0 Å². The molecule has 0 amide bonds. The van der Waals surface area contributed by atoms with Crippen molar-refractivity contribution in [2.75, 3.05) is 20.1 Å². The second-order valence-corrected chi connectivity index (χ2v) is 9.46. The minimum absolute atomic E-state index is 0.184. The Bertz CT molecular complexity index is 348. The molecule has 0 atom stereocenters. The molecule has 0 unspecified atom stereocenters. The summed E-state index contributed by atoms with van der Waals surface area (Å²) in [6, 6.07) is 0.572. The molecular weight excluding hydrogens is 244 g/mol. The van der Waals surface area contributed by atoms with Crippen molar-refractivity contribution in [1.29, 1.82) is 0 Å². The zero-order valence-corrected chi connectivity index (χ0v) is 15.9. The van der Waals surface area contributed by atoms with Crippen LogP contribution in [-0.4, -0.2) is 47.1 Å². The van der Waals surface area contributed by atoms with Crippen LogP contribution in [0.4, 0.5) is 0 Å². The highest BCUT2D eigenvalue weighted by molar-refractivity contribution is 5.06. The number of rotatable bonds is 1. The third kappa shape index (κ3) is 2.66. The summed E-state index contributed by atoms with van der Waals surface area (Å²) in [7, 11) is 2.30. The smallest absolute Gasteiger partial charge is 0.0219 e. The minimum Gasteiger partial charge on any atom is -0.300 e. The molecule has 1 rings (SSSR count). The average Bonchev–Trinajstić information content (AvgIpc) is 2.23. The number of hydrogen-bond donors (Lipinski definition) is 0. The Morgan fingerprint density at radius 2 is 1.10 bits per heavy atom. The lowest BCUT2D eigenvalue weighted by Crippen LogP contribution is -2.69. The summed E-state index contributed by atoms with van der Waals surface area (Å²) in [4.78, 5) is 5.30. The molecule has 0 aromatic carbocycles. The van der Waals surface area contributed by atoms with Crippen molar-refractivity contribution in [2.24, 2.45) is 10.8 Å². The van der Waals surface area contributed by atoms with E-state index in [0.29, 0.717) is 6.04 Å². The van der Waals surface area contributed by atoms with Crippen LogP contribution in [0.1, 0.15) is 69.2 Å². The van der Waals surface area contributed by atoms with Gasteiger partial charge in [0, 0.05) is 30.2 Å². The van der Waals surface area contributed by atoms with Crippen molar-refractivity contribution in [3.63, 3.8) is 0 Å². The van der Waals surface area contributed by atoms with Gasteiger partial charge in [0.15, 0.2) is 0 Å². The van der Waals surface area contributed by atoms with Crippen molar-refractivity contribution < 1.29 is 0 Å². The quantitative estimate of drug-likeness (QED) is 0.709. The Labute approximate surface area is 127 Å². The Morgan fingerprint density at radius 3 is 1.50 bits per heavy atom. The molecule has 0 aromatic heterocycles. The molecule has 0 aromatic rings. The van der Waals surface area contributed by atoms with E-state index in [9.17, 15) is 0 Å². The molecule has 0 saturated carbocycles. The Morgan fingerprint density at radius 1 is 0.700 bits per heavy atom. The van der Waals surface area contributed by atoms with Crippen LogP contribution in [0.25, 0.3) is 0 Å². The monoisotopic (exact) mass is 282 g/mol. The lowest BCUT2D eigenvalue weighted by atomic mass is 9.65. The first-order valence-electron chi connectivity index (χ1n) is 8.15. The predicted octanol–water partition coefficient (Wildman–Crippen LogP) is 4.25. The van der Waals surface area contributed by atoms with Crippen LogP contribution in [0, 0.1) is 10.8 Å². The second-order valence-electron chi connectivity index (χ2n) is 9.46. The molecule has 1 aliphatic rings. The molecule has 2 heteroatoms. The van der Waals surface area contributed by atoms with Crippen molar-refractivity contribution in [1.82, 2.24) is 9.80 Å². The molecule has 0 N–H and O–H groups in total. The van der Waals surface area contributed by atoms with Crippen LogP contribution in [0.3, 0.4) is 0 Å². The van der Waals surface area contributed by atoms with Gasteiger partial charge in [0.1, 0.15) is 0 Å². The van der Waals surface area contributed by atoms with Gasteiger partial charge in [-0.25, -0.2) is 0 Å². The van der Waals surface area contributed by atoms with E-state index in [4.69, 9.17) is 0 Å². The number of nitrogens with zero attached hydrogens (tertiary/aromatic N) is 2. The van der Waals surface area contributed by atoms with Crippen LogP contribution in [0.15, 0.2) is 0 Å². The first-order valence-corrected chi connectivity index (χ1v) is 8.15. The maximum atomic E-state index is 2.72. The van der Waals surface area contributed by atoms with E-state index in [1.54, 1.807) is 0 Å². The Balaban J connectivity index is 3.37. The molecule has 0 bridgehead atoms. The lowest BCUT2D eigenvalue weighted by Gasteiger charge is -2.61. The minimum atomic E-state index is 0.184. The molecule has 0 radical (unpaired) electrons. The van der Waals surface area contributed by atoms with Gasteiger partial charge >= 0.3 is 0 Å². The Kier molecular flexibility index (Phi) is 4.48. The van der Waals surface area contributed by atoms with Gasteiger partial charge in [-0.3, -0.25) is 4.90 Å². The Hall–Kier alpha value is -0.0800. The fraction of sp³-hybridized carbons (Fsp3) is 1.00. The second kappa shape index (κ2) is 4.98. The van der Waals surface area contributed by atoms with Gasteiger partial charge in [0.2, 0.25) is 0 Å². The van der Waals surface area contributed by atoms with E-state index in [1.165, 1.54) is 0 Å². The van der Waals surface area contributed by atoms with Gasteiger partial charge in [0.05, 0.1) is 0 Å². The maximum Gasteiger partial charge on any atom is 0.0219 e. The van der Waals surface area contributed by atoms with E-state index in [-0.39, 0.29) is 21.9 Å². The molecule has 2 nitrogen and oxygen atoms in total. The molecule has 1 fully saturated rings. The molecule has 1 saturated heterocycles.